The number of nitro benzene ring substituents is 1. The van der Waals surface area contributed by atoms with E-state index in [1.54, 1.807) is 6.07 Å². The summed E-state index contributed by atoms with van der Waals surface area (Å²) in [5.41, 5.74) is -0.453. The molecule has 1 heterocycles. The molecule has 0 fully saturated rings. The summed E-state index contributed by atoms with van der Waals surface area (Å²) in [7, 11) is 0. The Morgan fingerprint density at radius 1 is 1.37 bits per heavy atom. The Morgan fingerprint density at radius 2 is 2.16 bits per heavy atom. The van der Waals surface area contributed by atoms with Gasteiger partial charge in [0.2, 0.25) is 11.7 Å². The quantitative estimate of drug-likeness (QED) is 0.480. The van der Waals surface area contributed by atoms with Crippen molar-refractivity contribution in [1.29, 1.82) is 0 Å². The first kappa shape index (κ1) is 12.6. The van der Waals surface area contributed by atoms with Gasteiger partial charge < -0.3 is 4.74 Å². The SMILES string of the molecule is O=Cc1cccnc1Oc1ccc([N+](=O)[O-])c(F)c1. The number of carbonyl (C=O) groups is 1. The maximum atomic E-state index is 13.4. The monoisotopic (exact) mass is 262 g/mol. The number of carbonyl (C=O) groups excluding carboxylic acids is 1. The average molecular weight is 262 g/mol. The molecule has 0 aliphatic heterocycles. The van der Waals surface area contributed by atoms with Gasteiger partial charge in [-0.05, 0) is 18.2 Å². The van der Waals surface area contributed by atoms with E-state index in [2.05, 4.69) is 4.98 Å². The molecular formula is C12H7FN2O4. The van der Waals surface area contributed by atoms with Gasteiger partial charge in [-0.1, -0.05) is 0 Å². The lowest BCUT2D eigenvalue weighted by Crippen LogP contribution is -1.96. The summed E-state index contributed by atoms with van der Waals surface area (Å²) >= 11 is 0. The van der Waals surface area contributed by atoms with Crippen molar-refractivity contribution in [1.82, 2.24) is 4.98 Å². The molecule has 0 spiro atoms. The molecule has 0 saturated heterocycles. The van der Waals surface area contributed by atoms with Crippen LogP contribution in [0.5, 0.6) is 11.6 Å². The Morgan fingerprint density at radius 3 is 2.79 bits per heavy atom. The molecule has 0 amide bonds. The van der Waals surface area contributed by atoms with Gasteiger partial charge in [0.25, 0.3) is 0 Å². The van der Waals surface area contributed by atoms with Crippen LogP contribution in [0.25, 0.3) is 0 Å². The standard InChI is InChI=1S/C12H7FN2O4/c13-10-6-9(3-4-11(10)15(17)18)19-12-8(7-16)2-1-5-14-12/h1-7H. The Labute approximate surface area is 106 Å². The normalized spacial score (nSPS) is 9.95. The van der Waals surface area contributed by atoms with Crippen LogP contribution < -0.4 is 4.74 Å². The molecule has 2 aromatic rings. The summed E-state index contributed by atoms with van der Waals surface area (Å²) in [4.78, 5) is 24.2. The van der Waals surface area contributed by atoms with Gasteiger partial charge in [0.15, 0.2) is 6.29 Å². The third-order valence-corrected chi connectivity index (χ3v) is 2.26. The van der Waals surface area contributed by atoms with Gasteiger partial charge in [-0.25, -0.2) is 4.98 Å². The van der Waals surface area contributed by atoms with Crippen LogP contribution in [0.3, 0.4) is 0 Å². The van der Waals surface area contributed by atoms with Crippen molar-refractivity contribution in [3.8, 4) is 11.6 Å². The summed E-state index contributed by atoms with van der Waals surface area (Å²) in [5.74, 6) is -0.998. The first-order chi connectivity index (χ1) is 9.11. The highest BCUT2D eigenvalue weighted by Gasteiger charge is 2.15. The minimum atomic E-state index is -1.02. The van der Waals surface area contributed by atoms with Crippen LogP contribution >= 0.6 is 0 Å². The molecule has 1 aromatic heterocycles. The predicted molar refractivity (Wildman–Crippen MR) is 62.8 cm³/mol. The van der Waals surface area contributed by atoms with E-state index < -0.39 is 16.4 Å². The van der Waals surface area contributed by atoms with E-state index >= 15 is 0 Å². The maximum absolute atomic E-state index is 13.4. The summed E-state index contributed by atoms with van der Waals surface area (Å²) in [5, 5.41) is 10.5. The molecule has 0 atom stereocenters. The zero-order valence-corrected chi connectivity index (χ0v) is 9.45. The van der Waals surface area contributed by atoms with E-state index in [-0.39, 0.29) is 17.2 Å². The van der Waals surface area contributed by atoms with Crippen LogP contribution in [0, 0.1) is 15.9 Å². The zero-order chi connectivity index (χ0) is 13.8. The van der Waals surface area contributed by atoms with E-state index in [0.717, 1.165) is 12.1 Å². The van der Waals surface area contributed by atoms with Gasteiger partial charge in [0, 0.05) is 18.3 Å². The topological polar surface area (TPSA) is 82.3 Å². The second-order valence-electron chi connectivity index (χ2n) is 3.49. The van der Waals surface area contributed by atoms with Crippen LogP contribution in [-0.2, 0) is 0 Å². The summed E-state index contributed by atoms with van der Waals surface area (Å²) in [6.07, 6.45) is 1.95. The van der Waals surface area contributed by atoms with E-state index in [4.69, 9.17) is 4.74 Å². The van der Waals surface area contributed by atoms with E-state index in [0.29, 0.717) is 6.29 Å². The van der Waals surface area contributed by atoms with Crippen LogP contribution in [0.2, 0.25) is 0 Å². The van der Waals surface area contributed by atoms with Gasteiger partial charge in [-0.15, -0.1) is 0 Å². The largest absolute Gasteiger partial charge is 0.438 e. The molecule has 0 aliphatic carbocycles. The van der Waals surface area contributed by atoms with Crippen LogP contribution in [-0.4, -0.2) is 16.2 Å². The number of benzene rings is 1. The molecule has 19 heavy (non-hydrogen) atoms. The fraction of sp³-hybridized carbons (Fsp3) is 0. The molecule has 0 N–H and O–H groups in total. The van der Waals surface area contributed by atoms with Crippen LogP contribution in [0.1, 0.15) is 10.4 Å². The number of pyridine rings is 1. The Kier molecular flexibility index (Phi) is 3.46. The summed E-state index contributed by atoms with van der Waals surface area (Å²) in [6.45, 7) is 0. The van der Waals surface area contributed by atoms with Gasteiger partial charge in [0.05, 0.1) is 10.5 Å². The second-order valence-corrected chi connectivity index (χ2v) is 3.49. The Bertz CT molecular complexity index is 645. The van der Waals surface area contributed by atoms with Crippen LogP contribution in [0.15, 0.2) is 36.5 Å². The maximum Gasteiger partial charge on any atom is 0.305 e. The average Bonchev–Trinajstić information content (AvgIpc) is 2.39. The van der Waals surface area contributed by atoms with Crippen LogP contribution in [0.4, 0.5) is 10.1 Å². The van der Waals surface area contributed by atoms with Crippen molar-refractivity contribution < 1.29 is 18.8 Å². The molecule has 1 aromatic carbocycles. The van der Waals surface area contributed by atoms with E-state index in [9.17, 15) is 19.3 Å². The van der Waals surface area contributed by atoms with Crippen molar-refractivity contribution in [2.45, 2.75) is 0 Å². The van der Waals surface area contributed by atoms with Crippen molar-refractivity contribution in [2.24, 2.45) is 0 Å². The van der Waals surface area contributed by atoms with Gasteiger partial charge in [0.1, 0.15) is 5.75 Å². The van der Waals surface area contributed by atoms with Gasteiger partial charge in [-0.3, -0.25) is 14.9 Å². The highest BCUT2D eigenvalue weighted by atomic mass is 19.1. The number of halogens is 1. The third-order valence-electron chi connectivity index (χ3n) is 2.26. The summed E-state index contributed by atoms with van der Waals surface area (Å²) in [6, 6.07) is 6.10. The second kappa shape index (κ2) is 5.21. The molecule has 2 rings (SSSR count). The van der Waals surface area contributed by atoms with E-state index in [1.165, 1.54) is 18.3 Å². The number of rotatable bonds is 4. The van der Waals surface area contributed by atoms with Crippen molar-refractivity contribution >= 4 is 12.0 Å². The molecule has 6 nitrogen and oxygen atoms in total. The first-order valence-corrected chi connectivity index (χ1v) is 5.14. The fourth-order valence-electron chi connectivity index (χ4n) is 1.39. The lowest BCUT2D eigenvalue weighted by Gasteiger charge is -2.06. The molecule has 96 valence electrons. The number of hydrogen-bond donors (Lipinski definition) is 0. The molecule has 0 saturated carbocycles. The number of aromatic nitrogens is 1. The smallest absolute Gasteiger partial charge is 0.305 e. The fourth-order valence-corrected chi connectivity index (χ4v) is 1.39. The number of nitro groups is 1. The lowest BCUT2D eigenvalue weighted by atomic mass is 10.3. The molecule has 0 aliphatic rings. The first-order valence-electron chi connectivity index (χ1n) is 5.14. The molecular weight excluding hydrogens is 255 g/mol. The summed E-state index contributed by atoms with van der Waals surface area (Å²) < 4.78 is 18.6. The van der Waals surface area contributed by atoms with E-state index in [1.807, 2.05) is 0 Å². The number of nitrogens with zero attached hydrogens (tertiary/aromatic N) is 2. The minimum Gasteiger partial charge on any atom is -0.438 e. The van der Waals surface area contributed by atoms with Crippen molar-refractivity contribution in [3.05, 3.63) is 58.0 Å². The van der Waals surface area contributed by atoms with Gasteiger partial charge in [-0.2, -0.15) is 4.39 Å². The minimum absolute atomic E-state index is 0.00533. The van der Waals surface area contributed by atoms with Crippen molar-refractivity contribution in [3.63, 3.8) is 0 Å². The predicted octanol–water partition coefficient (Wildman–Crippen LogP) is 2.73. The Balaban J connectivity index is 2.31. The molecule has 0 unspecified atom stereocenters. The molecule has 0 radical (unpaired) electrons. The molecule has 0 bridgehead atoms. The highest BCUT2D eigenvalue weighted by molar-refractivity contribution is 5.78. The zero-order valence-electron chi connectivity index (χ0n) is 9.45. The van der Waals surface area contributed by atoms with Gasteiger partial charge >= 0.3 is 5.69 Å². The number of aldehydes is 1. The Hall–Kier alpha value is -2.83. The lowest BCUT2D eigenvalue weighted by molar-refractivity contribution is -0.387. The third kappa shape index (κ3) is 2.71. The van der Waals surface area contributed by atoms with Crippen molar-refractivity contribution in [2.75, 3.05) is 0 Å². The number of ether oxygens (including phenoxy) is 1. The number of hydrogen-bond acceptors (Lipinski definition) is 5. The highest BCUT2D eigenvalue weighted by Crippen LogP contribution is 2.26. The molecule has 7 heteroatoms.